The first-order valence-electron chi connectivity index (χ1n) is 10.7. The molecule has 2 N–H and O–H groups in total. The van der Waals surface area contributed by atoms with E-state index in [2.05, 4.69) is 6.07 Å². The SMILES string of the molecule is CCOc1cccc(C2C(C#N)=C(N)Oc3cc(OC(=O)/C=C/c4ccc(Cl)cc4Cl)ccc32)c1. The van der Waals surface area contributed by atoms with Crippen molar-refractivity contribution in [1.82, 2.24) is 0 Å². The van der Waals surface area contributed by atoms with Crippen LogP contribution in [-0.2, 0) is 4.79 Å². The van der Waals surface area contributed by atoms with Gasteiger partial charge in [0, 0.05) is 27.8 Å². The van der Waals surface area contributed by atoms with Crippen molar-refractivity contribution in [3.8, 4) is 23.3 Å². The van der Waals surface area contributed by atoms with Gasteiger partial charge in [-0.25, -0.2) is 4.79 Å². The van der Waals surface area contributed by atoms with Crippen molar-refractivity contribution >= 4 is 35.2 Å². The Labute approximate surface area is 212 Å². The molecule has 1 unspecified atom stereocenters. The van der Waals surface area contributed by atoms with E-state index >= 15 is 0 Å². The maximum atomic E-state index is 12.4. The second-order valence-corrected chi connectivity index (χ2v) is 8.39. The van der Waals surface area contributed by atoms with Crippen molar-refractivity contribution in [1.29, 1.82) is 5.26 Å². The van der Waals surface area contributed by atoms with Crippen LogP contribution in [0.2, 0.25) is 10.0 Å². The molecule has 4 rings (SSSR count). The Morgan fingerprint density at radius 2 is 1.97 bits per heavy atom. The number of allylic oxidation sites excluding steroid dienone is 1. The molecule has 0 aromatic heterocycles. The molecule has 0 amide bonds. The molecule has 0 radical (unpaired) electrons. The second kappa shape index (κ2) is 10.6. The van der Waals surface area contributed by atoms with Gasteiger partial charge in [0.1, 0.15) is 28.9 Å². The summed E-state index contributed by atoms with van der Waals surface area (Å²) < 4.78 is 16.7. The summed E-state index contributed by atoms with van der Waals surface area (Å²) in [6.07, 6.45) is 2.80. The maximum absolute atomic E-state index is 12.4. The molecule has 0 saturated carbocycles. The van der Waals surface area contributed by atoms with E-state index in [0.717, 1.165) is 5.56 Å². The number of nitrogens with zero attached hydrogens (tertiary/aromatic N) is 1. The van der Waals surface area contributed by atoms with E-state index < -0.39 is 11.9 Å². The van der Waals surface area contributed by atoms with Crippen LogP contribution in [0.5, 0.6) is 17.2 Å². The molecule has 176 valence electrons. The Hall–Kier alpha value is -3.92. The van der Waals surface area contributed by atoms with Crippen LogP contribution in [0.4, 0.5) is 0 Å². The van der Waals surface area contributed by atoms with Gasteiger partial charge >= 0.3 is 5.97 Å². The molecule has 8 heteroatoms. The Morgan fingerprint density at radius 3 is 2.71 bits per heavy atom. The highest BCUT2D eigenvalue weighted by molar-refractivity contribution is 6.35. The van der Waals surface area contributed by atoms with Crippen LogP contribution in [-0.4, -0.2) is 12.6 Å². The van der Waals surface area contributed by atoms with Crippen LogP contribution in [0.3, 0.4) is 0 Å². The van der Waals surface area contributed by atoms with E-state index in [-0.39, 0.29) is 11.6 Å². The average Bonchev–Trinajstić information content (AvgIpc) is 2.83. The highest BCUT2D eigenvalue weighted by Crippen LogP contribution is 2.44. The van der Waals surface area contributed by atoms with Crippen molar-refractivity contribution in [3.63, 3.8) is 0 Å². The molecule has 0 saturated heterocycles. The molecular weight excluding hydrogens is 487 g/mol. The second-order valence-electron chi connectivity index (χ2n) is 7.55. The first-order valence-corrected chi connectivity index (χ1v) is 11.4. The first kappa shape index (κ1) is 24.2. The topological polar surface area (TPSA) is 94.6 Å². The van der Waals surface area contributed by atoms with Crippen LogP contribution in [0.15, 0.2) is 78.2 Å². The lowest BCUT2D eigenvalue weighted by Crippen LogP contribution is -2.21. The number of hydrogen-bond acceptors (Lipinski definition) is 6. The van der Waals surface area contributed by atoms with Crippen LogP contribution < -0.4 is 19.9 Å². The van der Waals surface area contributed by atoms with E-state index in [9.17, 15) is 10.1 Å². The van der Waals surface area contributed by atoms with Crippen LogP contribution >= 0.6 is 23.2 Å². The Balaban J connectivity index is 1.60. The molecule has 3 aromatic rings. The van der Waals surface area contributed by atoms with Crippen LogP contribution in [0.1, 0.15) is 29.5 Å². The largest absolute Gasteiger partial charge is 0.494 e. The van der Waals surface area contributed by atoms with E-state index in [0.29, 0.717) is 44.9 Å². The minimum Gasteiger partial charge on any atom is -0.494 e. The molecule has 35 heavy (non-hydrogen) atoms. The van der Waals surface area contributed by atoms with Crippen LogP contribution in [0, 0.1) is 11.3 Å². The van der Waals surface area contributed by atoms with Crippen LogP contribution in [0.25, 0.3) is 6.08 Å². The summed E-state index contributed by atoms with van der Waals surface area (Å²) >= 11 is 12.0. The fourth-order valence-electron chi connectivity index (χ4n) is 3.74. The number of ether oxygens (including phenoxy) is 3. The van der Waals surface area contributed by atoms with E-state index in [1.165, 1.54) is 12.2 Å². The Bertz CT molecular complexity index is 1390. The lowest BCUT2D eigenvalue weighted by atomic mass is 9.83. The molecule has 1 aliphatic heterocycles. The number of benzene rings is 3. The number of fused-ring (bicyclic) bond motifs is 1. The average molecular weight is 507 g/mol. The zero-order chi connectivity index (χ0) is 24.9. The molecule has 6 nitrogen and oxygen atoms in total. The maximum Gasteiger partial charge on any atom is 0.336 e. The number of esters is 1. The van der Waals surface area contributed by atoms with E-state index in [4.69, 9.17) is 43.1 Å². The molecule has 0 aliphatic carbocycles. The highest BCUT2D eigenvalue weighted by atomic mass is 35.5. The fraction of sp³-hybridized carbons (Fsp3) is 0.111. The third-order valence-corrected chi connectivity index (χ3v) is 5.84. The molecule has 3 aromatic carbocycles. The molecular formula is C27H20Cl2N2O4. The molecule has 1 heterocycles. The number of halogens is 2. The Kier molecular flexibility index (Phi) is 7.31. The minimum absolute atomic E-state index is 0.00688. The van der Waals surface area contributed by atoms with Gasteiger partial charge in [-0.3, -0.25) is 0 Å². The third kappa shape index (κ3) is 5.43. The van der Waals surface area contributed by atoms with Gasteiger partial charge in [-0.15, -0.1) is 0 Å². The molecule has 0 bridgehead atoms. The van der Waals surface area contributed by atoms with Gasteiger partial charge in [-0.2, -0.15) is 5.26 Å². The number of carbonyl (C=O) groups is 1. The summed E-state index contributed by atoms with van der Waals surface area (Å²) in [5.74, 6) is 0.272. The van der Waals surface area contributed by atoms with Gasteiger partial charge in [0.2, 0.25) is 5.88 Å². The predicted octanol–water partition coefficient (Wildman–Crippen LogP) is 6.23. The summed E-state index contributed by atoms with van der Waals surface area (Å²) in [7, 11) is 0. The lowest BCUT2D eigenvalue weighted by molar-refractivity contribution is -0.128. The third-order valence-electron chi connectivity index (χ3n) is 5.27. The van der Waals surface area contributed by atoms with Crippen molar-refractivity contribution in [2.24, 2.45) is 5.73 Å². The molecule has 1 aliphatic rings. The fourth-order valence-corrected chi connectivity index (χ4v) is 4.21. The van der Waals surface area contributed by atoms with Gasteiger partial charge in [0.15, 0.2) is 0 Å². The van der Waals surface area contributed by atoms with Crippen molar-refractivity contribution < 1.29 is 19.0 Å². The smallest absolute Gasteiger partial charge is 0.336 e. The highest BCUT2D eigenvalue weighted by Gasteiger charge is 2.31. The Morgan fingerprint density at radius 1 is 1.14 bits per heavy atom. The monoisotopic (exact) mass is 506 g/mol. The number of nitrogens with two attached hydrogens (primary N) is 1. The number of carbonyl (C=O) groups excluding carboxylic acids is 1. The summed E-state index contributed by atoms with van der Waals surface area (Å²) in [5.41, 5.74) is 8.54. The number of rotatable bonds is 6. The quantitative estimate of drug-likeness (QED) is 0.242. The first-order chi connectivity index (χ1) is 16.9. The summed E-state index contributed by atoms with van der Waals surface area (Å²) in [6, 6.07) is 19.5. The van der Waals surface area contributed by atoms with Gasteiger partial charge < -0.3 is 19.9 Å². The van der Waals surface area contributed by atoms with E-state index in [1.807, 2.05) is 31.2 Å². The predicted molar refractivity (Wildman–Crippen MR) is 134 cm³/mol. The summed E-state index contributed by atoms with van der Waals surface area (Å²) in [6.45, 7) is 2.42. The molecule has 1 atom stereocenters. The van der Waals surface area contributed by atoms with Crippen molar-refractivity contribution in [2.45, 2.75) is 12.8 Å². The summed E-state index contributed by atoms with van der Waals surface area (Å²) in [4.78, 5) is 12.4. The van der Waals surface area contributed by atoms with Gasteiger partial charge in [0.05, 0.1) is 12.5 Å². The number of hydrogen-bond donors (Lipinski definition) is 1. The standard InChI is InChI=1S/C27H20Cl2N2O4/c1-2-33-19-5-3-4-17(12-19)26-21-10-9-20(14-24(21)35-27(31)22(26)15-30)34-25(32)11-7-16-6-8-18(28)13-23(16)29/h3-14,26H,2,31H2,1H3/b11-7+. The zero-order valence-corrected chi connectivity index (χ0v) is 20.1. The molecule has 0 fully saturated rings. The normalized spacial score (nSPS) is 14.7. The minimum atomic E-state index is -0.603. The van der Waals surface area contributed by atoms with E-state index in [1.54, 1.807) is 36.4 Å². The van der Waals surface area contributed by atoms with Crippen molar-refractivity contribution in [2.75, 3.05) is 6.61 Å². The van der Waals surface area contributed by atoms with Gasteiger partial charge in [-0.05, 0) is 54.5 Å². The number of nitriles is 1. The van der Waals surface area contributed by atoms with Crippen molar-refractivity contribution in [3.05, 3.63) is 105 Å². The molecule has 0 spiro atoms. The van der Waals surface area contributed by atoms with Gasteiger partial charge in [-0.1, -0.05) is 47.5 Å². The summed E-state index contributed by atoms with van der Waals surface area (Å²) in [5, 5.41) is 10.7. The van der Waals surface area contributed by atoms with Gasteiger partial charge in [0.25, 0.3) is 0 Å². The lowest BCUT2D eigenvalue weighted by Gasteiger charge is -2.27. The zero-order valence-electron chi connectivity index (χ0n) is 18.6.